The highest BCUT2D eigenvalue weighted by Gasteiger charge is 2.42. The first-order valence-electron chi connectivity index (χ1n) is 5.08. The third-order valence-corrected chi connectivity index (χ3v) is 2.54. The van der Waals surface area contributed by atoms with Gasteiger partial charge >= 0.3 is 5.97 Å². The summed E-state index contributed by atoms with van der Waals surface area (Å²) in [4.78, 5) is 24.7. The number of nitrogens with two attached hydrogens (primary N) is 1. The van der Waals surface area contributed by atoms with Gasteiger partial charge in [0.1, 0.15) is 0 Å². The first kappa shape index (κ1) is 13.2. The fraction of sp³-hybridized carbons (Fsp3) is 0.455. The molecule has 0 aromatic carbocycles. The van der Waals surface area contributed by atoms with E-state index in [1.165, 1.54) is 19.3 Å². The molecule has 0 atom stereocenters. The zero-order chi connectivity index (χ0) is 12.9. The van der Waals surface area contributed by atoms with Crippen molar-refractivity contribution in [2.24, 2.45) is 11.1 Å². The summed E-state index contributed by atoms with van der Waals surface area (Å²) in [6.45, 7) is 1.16. The Bertz CT molecular complexity index is 348. The molecule has 0 unspecified atom stereocenters. The SMILES string of the molecule is COCCN1C=CC(C(N)=O)(C(=O)OC)C=C1. The molecule has 1 rings (SSSR count). The van der Waals surface area contributed by atoms with E-state index in [9.17, 15) is 9.59 Å². The number of hydrogen-bond donors (Lipinski definition) is 1. The molecule has 6 heteroatoms. The number of rotatable bonds is 5. The Morgan fingerprint density at radius 3 is 2.29 bits per heavy atom. The number of nitrogens with zero attached hydrogens (tertiary/aromatic N) is 1. The minimum Gasteiger partial charge on any atom is -0.468 e. The minimum atomic E-state index is -1.50. The van der Waals surface area contributed by atoms with Crippen molar-refractivity contribution >= 4 is 11.9 Å². The number of esters is 1. The Balaban J connectivity index is 2.83. The van der Waals surface area contributed by atoms with Crippen molar-refractivity contribution in [1.29, 1.82) is 0 Å². The van der Waals surface area contributed by atoms with Crippen LogP contribution in [0.2, 0.25) is 0 Å². The number of carbonyl (C=O) groups is 2. The van der Waals surface area contributed by atoms with Crippen LogP contribution in [-0.2, 0) is 19.1 Å². The van der Waals surface area contributed by atoms with Crippen molar-refractivity contribution in [3.05, 3.63) is 24.6 Å². The molecule has 0 aromatic heterocycles. The molecule has 0 radical (unpaired) electrons. The van der Waals surface area contributed by atoms with Gasteiger partial charge in [-0.25, -0.2) is 0 Å². The van der Waals surface area contributed by atoms with Crippen molar-refractivity contribution in [1.82, 2.24) is 4.90 Å². The van der Waals surface area contributed by atoms with Crippen LogP contribution in [0, 0.1) is 5.41 Å². The van der Waals surface area contributed by atoms with Crippen molar-refractivity contribution < 1.29 is 19.1 Å². The fourth-order valence-corrected chi connectivity index (χ4v) is 1.45. The number of carbonyl (C=O) groups excluding carboxylic acids is 2. The second kappa shape index (κ2) is 5.49. The number of primary amides is 1. The van der Waals surface area contributed by atoms with E-state index in [2.05, 4.69) is 4.74 Å². The summed E-state index contributed by atoms with van der Waals surface area (Å²) in [6.07, 6.45) is 6.08. The van der Waals surface area contributed by atoms with Gasteiger partial charge in [0.05, 0.1) is 13.7 Å². The summed E-state index contributed by atoms with van der Waals surface area (Å²) >= 11 is 0. The predicted molar refractivity (Wildman–Crippen MR) is 60.5 cm³/mol. The molecule has 0 bridgehead atoms. The molecule has 0 fully saturated rings. The topological polar surface area (TPSA) is 81.9 Å². The molecule has 0 aromatic rings. The Hall–Kier alpha value is -1.82. The molecule has 0 saturated heterocycles. The van der Waals surface area contributed by atoms with Crippen molar-refractivity contribution in [3.63, 3.8) is 0 Å². The van der Waals surface area contributed by atoms with Crippen molar-refractivity contribution in [2.45, 2.75) is 0 Å². The maximum Gasteiger partial charge on any atom is 0.329 e. The third kappa shape index (κ3) is 2.65. The maximum absolute atomic E-state index is 11.6. The van der Waals surface area contributed by atoms with Crippen molar-refractivity contribution in [2.75, 3.05) is 27.4 Å². The van der Waals surface area contributed by atoms with Gasteiger partial charge in [-0.1, -0.05) is 0 Å². The highest BCUT2D eigenvalue weighted by Crippen LogP contribution is 2.26. The number of ether oxygens (including phenoxy) is 2. The molecule has 0 saturated carbocycles. The van der Waals surface area contributed by atoms with Gasteiger partial charge in [0, 0.05) is 26.1 Å². The van der Waals surface area contributed by atoms with E-state index in [0.29, 0.717) is 13.2 Å². The highest BCUT2D eigenvalue weighted by atomic mass is 16.5. The first-order valence-corrected chi connectivity index (χ1v) is 5.08. The molecule has 94 valence electrons. The Morgan fingerprint density at radius 2 is 1.88 bits per heavy atom. The average Bonchev–Trinajstić information content (AvgIpc) is 2.35. The van der Waals surface area contributed by atoms with Gasteiger partial charge in [-0.15, -0.1) is 0 Å². The molecule has 17 heavy (non-hydrogen) atoms. The van der Waals surface area contributed by atoms with E-state index >= 15 is 0 Å². The lowest BCUT2D eigenvalue weighted by atomic mass is 9.86. The lowest BCUT2D eigenvalue weighted by molar-refractivity contribution is -0.151. The molecular formula is C11H16N2O4. The second-order valence-corrected chi connectivity index (χ2v) is 3.59. The summed E-state index contributed by atoms with van der Waals surface area (Å²) < 4.78 is 9.51. The predicted octanol–water partition coefficient (Wildman–Crippen LogP) is -0.379. The minimum absolute atomic E-state index is 0.538. The lowest BCUT2D eigenvalue weighted by Gasteiger charge is -2.27. The molecular weight excluding hydrogens is 224 g/mol. The van der Waals surface area contributed by atoms with E-state index in [4.69, 9.17) is 10.5 Å². The number of amides is 1. The van der Waals surface area contributed by atoms with Crippen molar-refractivity contribution in [3.8, 4) is 0 Å². The maximum atomic E-state index is 11.6. The molecule has 0 aliphatic carbocycles. The monoisotopic (exact) mass is 240 g/mol. The molecule has 1 amide bonds. The summed E-state index contributed by atoms with van der Waals surface area (Å²) in [5.41, 5.74) is 3.74. The Kier molecular flexibility index (Phi) is 4.28. The van der Waals surface area contributed by atoms with E-state index < -0.39 is 17.3 Å². The van der Waals surface area contributed by atoms with E-state index in [-0.39, 0.29) is 0 Å². The zero-order valence-electron chi connectivity index (χ0n) is 9.88. The van der Waals surface area contributed by atoms with E-state index in [0.717, 1.165) is 0 Å². The molecule has 1 aliphatic rings. The van der Waals surface area contributed by atoms with Gasteiger partial charge in [-0.05, 0) is 12.2 Å². The van der Waals surface area contributed by atoms with Gasteiger partial charge in [0.25, 0.3) is 0 Å². The van der Waals surface area contributed by atoms with Crippen LogP contribution in [0.15, 0.2) is 24.6 Å². The van der Waals surface area contributed by atoms with Crippen LogP contribution in [0.5, 0.6) is 0 Å². The normalized spacial score (nSPS) is 16.9. The summed E-state index contributed by atoms with van der Waals surface area (Å²) in [5.74, 6) is -1.45. The van der Waals surface area contributed by atoms with Gasteiger partial charge in [0.15, 0.2) is 5.41 Å². The van der Waals surface area contributed by atoms with Gasteiger partial charge in [-0.2, -0.15) is 0 Å². The number of hydrogen-bond acceptors (Lipinski definition) is 5. The van der Waals surface area contributed by atoms with Crippen LogP contribution in [0.3, 0.4) is 0 Å². The van der Waals surface area contributed by atoms with Gasteiger partial charge in [-0.3, -0.25) is 9.59 Å². The summed E-state index contributed by atoms with van der Waals surface area (Å²) in [5, 5.41) is 0. The second-order valence-electron chi connectivity index (χ2n) is 3.59. The molecule has 2 N–H and O–H groups in total. The van der Waals surface area contributed by atoms with Crippen LogP contribution >= 0.6 is 0 Å². The summed E-state index contributed by atoms with van der Waals surface area (Å²) in [7, 11) is 2.81. The van der Waals surface area contributed by atoms with Gasteiger partial charge in [0.2, 0.25) is 5.91 Å². The quantitative estimate of drug-likeness (QED) is 0.523. The first-order chi connectivity index (χ1) is 8.06. The summed E-state index contributed by atoms with van der Waals surface area (Å²) in [6, 6.07) is 0. The van der Waals surface area contributed by atoms with Crippen LogP contribution in [0.1, 0.15) is 0 Å². The molecule has 0 spiro atoms. The molecule has 1 aliphatic heterocycles. The lowest BCUT2D eigenvalue weighted by Crippen LogP contribution is -2.43. The van der Waals surface area contributed by atoms with Crippen LogP contribution in [-0.4, -0.2) is 44.1 Å². The van der Waals surface area contributed by atoms with Crippen LogP contribution in [0.25, 0.3) is 0 Å². The van der Waals surface area contributed by atoms with Crippen LogP contribution < -0.4 is 5.73 Å². The number of methoxy groups -OCH3 is 2. The Labute approximate surface area is 99.7 Å². The largest absolute Gasteiger partial charge is 0.468 e. The highest BCUT2D eigenvalue weighted by molar-refractivity contribution is 6.06. The smallest absolute Gasteiger partial charge is 0.329 e. The Morgan fingerprint density at radius 1 is 1.29 bits per heavy atom. The van der Waals surface area contributed by atoms with E-state index in [1.54, 1.807) is 24.4 Å². The molecule has 6 nitrogen and oxygen atoms in total. The fourth-order valence-electron chi connectivity index (χ4n) is 1.45. The zero-order valence-corrected chi connectivity index (χ0v) is 9.88. The molecule has 1 heterocycles. The van der Waals surface area contributed by atoms with Crippen LogP contribution in [0.4, 0.5) is 0 Å². The third-order valence-electron chi connectivity index (χ3n) is 2.54. The van der Waals surface area contributed by atoms with E-state index in [1.807, 2.05) is 0 Å². The average molecular weight is 240 g/mol. The standard InChI is InChI=1S/C11H16N2O4/c1-16-8-7-13-5-3-11(4-6-13,9(12)14)10(15)17-2/h3-6H,7-8H2,1-2H3,(H2,12,14). The van der Waals surface area contributed by atoms with Gasteiger partial charge < -0.3 is 20.1 Å².